The number of benzene rings is 1. The van der Waals surface area contributed by atoms with E-state index in [1.165, 1.54) is 0 Å². The molecule has 94 valence electrons. The molecule has 0 bridgehead atoms. The number of aliphatic carboxylic acids is 1. The molecule has 8 heteroatoms. The van der Waals surface area contributed by atoms with Gasteiger partial charge in [0.1, 0.15) is 6.33 Å². The molecule has 0 saturated heterocycles. The van der Waals surface area contributed by atoms with Gasteiger partial charge < -0.3 is 5.11 Å². The molecule has 2 rings (SSSR count). The molecular weight excluding hydrogens is 389 g/mol. The van der Waals surface area contributed by atoms with E-state index in [2.05, 4.69) is 32.8 Å². The van der Waals surface area contributed by atoms with Crippen LogP contribution in [0.4, 0.5) is 0 Å². The first-order chi connectivity index (χ1) is 8.58. The lowest BCUT2D eigenvalue weighted by molar-refractivity contribution is -0.133. The minimum Gasteiger partial charge on any atom is -0.481 e. The zero-order chi connectivity index (χ0) is 13.1. The monoisotopic (exact) mass is 395 g/mol. The second kappa shape index (κ2) is 5.89. The third kappa shape index (κ3) is 3.15. The highest BCUT2D eigenvalue weighted by atomic mass is 127. The van der Waals surface area contributed by atoms with Crippen LogP contribution in [0.2, 0.25) is 5.02 Å². The minimum atomic E-state index is -0.889. The lowest BCUT2D eigenvalue weighted by Gasteiger charge is -2.07. The Morgan fingerprint density at radius 3 is 3.00 bits per heavy atom. The van der Waals surface area contributed by atoms with Crippen LogP contribution in [0.1, 0.15) is 0 Å². The van der Waals surface area contributed by atoms with Gasteiger partial charge in [-0.25, -0.2) is 0 Å². The maximum atomic E-state index is 10.6. The van der Waals surface area contributed by atoms with Crippen LogP contribution in [-0.4, -0.2) is 31.6 Å². The Morgan fingerprint density at radius 1 is 1.56 bits per heavy atom. The Morgan fingerprint density at radius 2 is 2.33 bits per heavy atom. The molecular formula is C10H7ClIN3O2S. The summed E-state index contributed by atoms with van der Waals surface area (Å²) in [5.41, 5.74) is 0.873. The zero-order valence-electron chi connectivity index (χ0n) is 8.88. The van der Waals surface area contributed by atoms with Crippen LogP contribution >= 0.6 is 46.0 Å². The van der Waals surface area contributed by atoms with E-state index in [4.69, 9.17) is 16.7 Å². The number of halogens is 2. The quantitative estimate of drug-likeness (QED) is 0.637. The van der Waals surface area contributed by atoms with Gasteiger partial charge in [0.05, 0.1) is 11.4 Å². The third-order valence-corrected chi connectivity index (χ3v) is 4.04. The van der Waals surface area contributed by atoms with Crippen molar-refractivity contribution >= 4 is 51.9 Å². The Labute approximate surface area is 126 Å². The van der Waals surface area contributed by atoms with Gasteiger partial charge in [-0.15, -0.1) is 10.2 Å². The van der Waals surface area contributed by atoms with Gasteiger partial charge in [0.25, 0.3) is 0 Å². The summed E-state index contributed by atoms with van der Waals surface area (Å²) >= 11 is 9.17. The predicted molar refractivity (Wildman–Crippen MR) is 77.4 cm³/mol. The summed E-state index contributed by atoms with van der Waals surface area (Å²) in [7, 11) is 0. The van der Waals surface area contributed by atoms with Gasteiger partial charge in [0.2, 0.25) is 0 Å². The highest BCUT2D eigenvalue weighted by molar-refractivity contribution is 14.1. The van der Waals surface area contributed by atoms with Gasteiger partial charge in [0, 0.05) is 8.59 Å². The number of thioether (sulfide) groups is 1. The van der Waals surface area contributed by atoms with E-state index in [-0.39, 0.29) is 5.75 Å². The van der Waals surface area contributed by atoms with Crippen molar-refractivity contribution in [3.63, 3.8) is 0 Å². The van der Waals surface area contributed by atoms with E-state index in [0.29, 0.717) is 10.2 Å². The minimum absolute atomic E-state index is 0.0527. The SMILES string of the molecule is O=C(O)CSc1nncn1-c1ccc(Cl)cc1I. The number of nitrogens with zero attached hydrogens (tertiary/aromatic N) is 3. The number of carbonyl (C=O) groups is 1. The summed E-state index contributed by atoms with van der Waals surface area (Å²) in [6.07, 6.45) is 1.55. The van der Waals surface area contributed by atoms with Gasteiger partial charge in [0.15, 0.2) is 5.16 Å². The zero-order valence-corrected chi connectivity index (χ0v) is 12.6. The Kier molecular flexibility index (Phi) is 4.46. The summed E-state index contributed by atoms with van der Waals surface area (Å²) < 4.78 is 2.68. The van der Waals surface area contributed by atoms with Crippen molar-refractivity contribution in [1.82, 2.24) is 14.8 Å². The van der Waals surface area contributed by atoms with Crippen LogP contribution in [0.25, 0.3) is 5.69 Å². The maximum Gasteiger partial charge on any atom is 0.313 e. The molecule has 0 atom stereocenters. The fourth-order valence-electron chi connectivity index (χ4n) is 1.29. The van der Waals surface area contributed by atoms with E-state index in [0.717, 1.165) is 21.0 Å². The second-order valence-electron chi connectivity index (χ2n) is 3.26. The number of carboxylic acids is 1. The molecule has 0 spiro atoms. The highest BCUT2D eigenvalue weighted by Crippen LogP contribution is 2.25. The van der Waals surface area contributed by atoms with Crippen LogP contribution in [-0.2, 0) is 4.79 Å². The molecule has 0 aliphatic rings. The van der Waals surface area contributed by atoms with Crippen LogP contribution < -0.4 is 0 Å². The van der Waals surface area contributed by atoms with E-state index < -0.39 is 5.97 Å². The molecule has 0 radical (unpaired) electrons. The number of aromatic nitrogens is 3. The Hall–Kier alpha value is -0.800. The molecule has 0 aliphatic carbocycles. The molecule has 0 saturated carbocycles. The average molecular weight is 396 g/mol. The fourth-order valence-corrected chi connectivity index (χ4v) is 3.06. The normalized spacial score (nSPS) is 10.6. The molecule has 0 aliphatic heterocycles. The van der Waals surface area contributed by atoms with Crippen LogP contribution in [0, 0.1) is 3.57 Å². The second-order valence-corrected chi connectivity index (χ2v) is 5.80. The molecule has 1 N–H and O–H groups in total. The van der Waals surface area contributed by atoms with Gasteiger partial charge in [-0.3, -0.25) is 9.36 Å². The summed E-state index contributed by atoms with van der Waals surface area (Å²) in [6.45, 7) is 0. The van der Waals surface area contributed by atoms with Crippen molar-refractivity contribution in [3.8, 4) is 5.69 Å². The van der Waals surface area contributed by atoms with Gasteiger partial charge >= 0.3 is 5.97 Å². The van der Waals surface area contributed by atoms with E-state index >= 15 is 0 Å². The van der Waals surface area contributed by atoms with Crippen molar-refractivity contribution < 1.29 is 9.90 Å². The summed E-state index contributed by atoms with van der Waals surface area (Å²) in [5.74, 6) is -0.941. The molecule has 2 aromatic rings. The summed E-state index contributed by atoms with van der Waals surface area (Å²) in [4.78, 5) is 10.6. The fraction of sp³-hybridized carbons (Fsp3) is 0.100. The first-order valence-electron chi connectivity index (χ1n) is 4.78. The van der Waals surface area contributed by atoms with Crippen molar-refractivity contribution in [3.05, 3.63) is 33.1 Å². The van der Waals surface area contributed by atoms with Crippen molar-refractivity contribution in [2.45, 2.75) is 5.16 Å². The van der Waals surface area contributed by atoms with Gasteiger partial charge in [-0.2, -0.15) is 0 Å². The van der Waals surface area contributed by atoms with Gasteiger partial charge in [-0.1, -0.05) is 23.4 Å². The number of hydrogen-bond acceptors (Lipinski definition) is 4. The van der Waals surface area contributed by atoms with Crippen LogP contribution in [0.5, 0.6) is 0 Å². The number of carboxylic acid groups (broad SMARTS) is 1. The van der Waals surface area contributed by atoms with Crippen molar-refractivity contribution in [2.24, 2.45) is 0 Å². The average Bonchev–Trinajstić information content (AvgIpc) is 2.74. The van der Waals surface area contributed by atoms with E-state index in [1.807, 2.05) is 12.1 Å². The molecule has 18 heavy (non-hydrogen) atoms. The van der Waals surface area contributed by atoms with E-state index in [1.54, 1.807) is 17.0 Å². The highest BCUT2D eigenvalue weighted by Gasteiger charge is 2.11. The molecule has 0 unspecified atom stereocenters. The molecule has 1 heterocycles. The molecule has 1 aromatic heterocycles. The number of hydrogen-bond donors (Lipinski definition) is 1. The first kappa shape index (κ1) is 13.6. The first-order valence-corrected chi connectivity index (χ1v) is 7.22. The maximum absolute atomic E-state index is 10.6. The van der Waals surface area contributed by atoms with E-state index in [9.17, 15) is 4.79 Å². The number of rotatable bonds is 4. The predicted octanol–water partition coefficient (Wildman–Crippen LogP) is 2.70. The smallest absolute Gasteiger partial charge is 0.313 e. The van der Waals surface area contributed by atoms with Crippen LogP contribution in [0.3, 0.4) is 0 Å². The molecule has 0 fully saturated rings. The van der Waals surface area contributed by atoms with Crippen LogP contribution in [0.15, 0.2) is 29.7 Å². The van der Waals surface area contributed by atoms with Gasteiger partial charge in [-0.05, 0) is 40.8 Å². The Bertz CT molecular complexity index is 590. The lowest BCUT2D eigenvalue weighted by atomic mass is 10.3. The standard InChI is InChI=1S/C10H7ClIN3O2S/c11-6-1-2-8(7(12)3-6)15-5-13-14-10(15)18-4-9(16)17/h1-3,5H,4H2,(H,16,17). The molecule has 5 nitrogen and oxygen atoms in total. The third-order valence-electron chi connectivity index (χ3n) is 2.01. The molecule has 0 amide bonds. The molecule has 1 aromatic carbocycles. The lowest BCUT2D eigenvalue weighted by Crippen LogP contribution is -2.02. The Balaban J connectivity index is 2.33. The topological polar surface area (TPSA) is 68.0 Å². The largest absolute Gasteiger partial charge is 0.481 e. The van der Waals surface area contributed by atoms with Crippen molar-refractivity contribution in [2.75, 3.05) is 5.75 Å². The summed E-state index contributed by atoms with van der Waals surface area (Å²) in [6, 6.07) is 5.44. The van der Waals surface area contributed by atoms with Crippen molar-refractivity contribution in [1.29, 1.82) is 0 Å². The summed E-state index contributed by atoms with van der Waals surface area (Å²) in [5, 5.41) is 17.6.